The Morgan fingerprint density at radius 3 is 2.09 bits per heavy atom. The molecule has 2 fully saturated rings. The Balaban J connectivity index is 1.47. The van der Waals surface area contributed by atoms with Gasteiger partial charge in [-0.3, -0.25) is 18.6 Å². The van der Waals surface area contributed by atoms with E-state index in [1.165, 1.54) is 13.0 Å². The maximum absolute atomic E-state index is 14.2. The molecule has 9 nitrogen and oxygen atoms in total. The van der Waals surface area contributed by atoms with Gasteiger partial charge < -0.3 is 19.7 Å². The molecule has 2 saturated heterocycles. The third-order valence-corrected chi connectivity index (χ3v) is 9.35. The lowest BCUT2D eigenvalue weighted by atomic mass is 9.86. The van der Waals surface area contributed by atoms with Crippen molar-refractivity contribution in [2.45, 2.75) is 48.9 Å². The second-order valence-corrected chi connectivity index (χ2v) is 12.1. The topological polar surface area (TPSA) is 119 Å². The molecule has 10 heteroatoms. The smallest absolute Gasteiger partial charge is 0.334 e. The van der Waals surface area contributed by atoms with Crippen LogP contribution in [0.5, 0.6) is 0 Å². The van der Waals surface area contributed by atoms with E-state index in [0.717, 1.165) is 10.5 Å². The largest absolute Gasteiger partial charge is 0.455 e. The van der Waals surface area contributed by atoms with Crippen LogP contribution in [0.3, 0.4) is 0 Å². The van der Waals surface area contributed by atoms with E-state index in [9.17, 15) is 23.4 Å². The van der Waals surface area contributed by atoms with E-state index in [2.05, 4.69) is 11.9 Å². The van der Waals surface area contributed by atoms with E-state index in [0.29, 0.717) is 11.1 Å². The summed E-state index contributed by atoms with van der Waals surface area (Å²) < 4.78 is 25.5. The standard InChI is InChI=1S/C33H32N2O7S/c1-3-19-33(42-22(2)36)21-43(40)31-27(34-26(37)20-23-13-7-4-8-14-23)30(38)35(31)29(33)32(39)41-28(24-15-9-5-10-16-24)25-17-11-6-12-18-25/h3-18,27-29,31H,1,19-21H2,2H3,(H,34,37)/t27-,29+,31-,33+,43?/m1/s1. The number of amides is 2. The second-order valence-electron chi connectivity index (χ2n) is 10.6. The lowest BCUT2D eigenvalue weighted by Gasteiger charge is -2.57. The van der Waals surface area contributed by atoms with Crippen LogP contribution in [0, 0.1) is 0 Å². The van der Waals surface area contributed by atoms with Crippen molar-refractivity contribution < 1.29 is 32.9 Å². The summed E-state index contributed by atoms with van der Waals surface area (Å²) in [6.45, 7) is 4.94. The van der Waals surface area contributed by atoms with Crippen molar-refractivity contribution in [3.8, 4) is 0 Å². The number of hydrogen-bond acceptors (Lipinski definition) is 7. The van der Waals surface area contributed by atoms with Crippen LogP contribution in [0.15, 0.2) is 104 Å². The van der Waals surface area contributed by atoms with Crippen molar-refractivity contribution in [2.75, 3.05) is 5.75 Å². The predicted octanol–water partition coefficient (Wildman–Crippen LogP) is 3.22. The molecule has 3 aromatic carbocycles. The third-order valence-electron chi connectivity index (χ3n) is 7.54. The lowest BCUT2D eigenvalue weighted by Crippen LogP contribution is -2.82. The highest BCUT2D eigenvalue weighted by Crippen LogP contribution is 2.42. The van der Waals surface area contributed by atoms with Gasteiger partial charge in [0.1, 0.15) is 11.4 Å². The maximum atomic E-state index is 14.2. The summed E-state index contributed by atoms with van der Waals surface area (Å²) in [5, 5.41) is 1.68. The quantitative estimate of drug-likeness (QED) is 0.216. The van der Waals surface area contributed by atoms with Crippen molar-refractivity contribution in [1.82, 2.24) is 10.2 Å². The number of esters is 2. The molecule has 0 aromatic heterocycles. The number of nitrogens with one attached hydrogen (secondary N) is 1. The minimum atomic E-state index is -1.79. The highest BCUT2D eigenvalue weighted by molar-refractivity contribution is 7.86. The van der Waals surface area contributed by atoms with Gasteiger partial charge in [-0.25, -0.2) is 4.79 Å². The summed E-state index contributed by atoms with van der Waals surface area (Å²) in [5.41, 5.74) is 0.461. The number of benzene rings is 3. The van der Waals surface area contributed by atoms with Gasteiger partial charge in [0, 0.05) is 13.3 Å². The zero-order valence-electron chi connectivity index (χ0n) is 23.6. The predicted molar refractivity (Wildman–Crippen MR) is 160 cm³/mol. The molecule has 222 valence electrons. The molecular weight excluding hydrogens is 568 g/mol. The van der Waals surface area contributed by atoms with Gasteiger partial charge in [-0.1, -0.05) is 97.1 Å². The van der Waals surface area contributed by atoms with Gasteiger partial charge in [0.25, 0.3) is 0 Å². The first-order chi connectivity index (χ1) is 20.7. The van der Waals surface area contributed by atoms with E-state index >= 15 is 0 Å². The van der Waals surface area contributed by atoms with Gasteiger partial charge in [-0.15, -0.1) is 6.58 Å². The maximum Gasteiger partial charge on any atom is 0.334 e. The Bertz CT molecular complexity index is 1490. The first kappa shape index (κ1) is 29.9. The third kappa shape index (κ3) is 6.15. The van der Waals surface area contributed by atoms with Crippen LogP contribution in [0.4, 0.5) is 0 Å². The van der Waals surface area contributed by atoms with Crippen molar-refractivity contribution >= 4 is 34.6 Å². The molecule has 0 aliphatic carbocycles. The number of carbonyl (C=O) groups is 4. The average Bonchev–Trinajstić information content (AvgIpc) is 2.99. The zero-order valence-corrected chi connectivity index (χ0v) is 24.4. The molecule has 2 aliphatic rings. The Hall–Kier alpha value is -4.57. The van der Waals surface area contributed by atoms with E-state index in [1.54, 1.807) is 24.3 Å². The number of nitrogens with zero attached hydrogens (tertiary/aromatic N) is 1. The Labute approximate surface area is 252 Å². The highest BCUT2D eigenvalue weighted by atomic mass is 32.2. The number of hydrogen-bond donors (Lipinski definition) is 1. The Morgan fingerprint density at radius 1 is 1.00 bits per heavy atom. The second kappa shape index (κ2) is 12.7. The minimum Gasteiger partial charge on any atom is -0.455 e. The molecule has 3 aromatic rings. The monoisotopic (exact) mass is 600 g/mol. The van der Waals surface area contributed by atoms with Crippen LogP contribution in [-0.2, 0) is 45.9 Å². The average molecular weight is 601 g/mol. The van der Waals surface area contributed by atoms with Gasteiger partial charge in [0.15, 0.2) is 17.7 Å². The molecule has 43 heavy (non-hydrogen) atoms. The number of rotatable bonds is 10. The molecule has 0 bridgehead atoms. The molecule has 2 heterocycles. The molecule has 0 radical (unpaired) electrons. The van der Waals surface area contributed by atoms with Gasteiger partial charge in [0.2, 0.25) is 11.8 Å². The Kier molecular flexibility index (Phi) is 8.86. The van der Waals surface area contributed by atoms with E-state index in [4.69, 9.17) is 9.47 Å². The number of β-lactam (4-membered cyclic amide) rings is 1. The fourth-order valence-corrected chi connectivity index (χ4v) is 7.71. The fraction of sp³-hybridized carbons (Fsp3) is 0.273. The van der Waals surface area contributed by atoms with Gasteiger partial charge >= 0.3 is 11.9 Å². The lowest BCUT2D eigenvalue weighted by molar-refractivity contribution is -0.191. The zero-order chi connectivity index (χ0) is 30.6. The molecule has 5 rings (SSSR count). The summed E-state index contributed by atoms with van der Waals surface area (Å²) in [4.78, 5) is 54.2. The van der Waals surface area contributed by atoms with Gasteiger partial charge in [0.05, 0.1) is 23.0 Å². The summed E-state index contributed by atoms with van der Waals surface area (Å²) >= 11 is 0. The number of fused-ring (bicyclic) bond motifs is 1. The van der Waals surface area contributed by atoms with Crippen molar-refractivity contribution in [3.63, 3.8) is 0 Å². The molecule has 0 spiro atoms. The van der Waals surface area contributed by atoms with Crippen molar-refractivity contribution in [2.24, 2.45) is 0 Å². The molecule has 1 unspecified atom stereocenters. The van der Waals surface area contributed by atoms with Gasteiger partial charge in [-0.05, 0) is 16.7 Å². The van der Waals surface area contributed by atoms with Crippen LogP contribution in [0.1, 0.15) is 36.1 Å². The molecule has 2 aliphatic heterocycles. The summed E-state index contributed by atoms with van der Waals surface area (Å²) in [5.74, 6) is -2.82. The molecule has 0 saturated carbocycles. The van der Waals surface area contributed by atoms with Crippen LogP contribution in [0.25, 0.3) is 0 Å². The SMILES string of the molecule is C=CC[C@]1(OC(C)=O)CS(=O)[C@@H]2[C@H](NC(=O)Cc3ccccc3)C(=O)N2[C@H]1C(=O)OC(c1ccccc1)c1ccccc1. The first-order valence-corrected chi connectivity index (χ1v) is 15.3. The number of ether oxygens (including phenoxy) is 2. The first-order valence-electron chi connectivity index (χ1n) is 13.9. The number of carbonyl (C=O) groups excluding carboxylic acids is 4. The van der Waals surface area contributed by atoms with Crippen molar-refractivity contribution in [1.29, 1.82) is 0 Å². The van der Waals surface area contributed by atoms with Crippen LogP contribution >= 0.6 is 0 Å². The summed E-state index contributed by atoms with van der Waals surface area (Å²) in [6.07, 6.45) is 0.591. The molecule has 2 amide bonds. The van der Waals surface area contributed by atoms with E-state index in [-0.39, 0.29) is 18.6 Å². The minimum absolute atomic E-state index is 0.0269. The van der Waals surface area contributed by atoms with Crippen LogP contribution < -0.4 is 5.32 Å². The van der Waals surface area contributed by atoms with Crippen LogP contribution in [0.2, 0.25) is 0 Å². The fourth-order valence-electron chi connectivity index (χ4n) is 5.76. The van der Waals surface area contributed by atoms with Crippen molar-refractivity contribution in [3.05, 3.63) is 120 Å². The van der Waals surface area contributed by atoms with E-state index in [1.807, 2.05) is 66.7 Å². The summed E-state index contributed by atoms with van der Waals surface area (Å²) in [7, 11) is -1.79. The van der Waals surface area contributed by atoms with Crippen LogP contribution in [-0.4, -0.2) is 61.7 Å². The van der Waals surface area contributed by atoms with E-state index < -0.39 is 63.7 Å². The molecular formula is C33H32N2O7S. The highest BCUT2D eigenvalue weighted by Gasteiger charge is 2.67. The Morgan fingerprint density at radius 2 is 1.56 bits per heavy atom. The normalized spacial score (nSPS) is 24.3. The molecule has 5 atom stereocenters. The summed E-state index contributed by atoms with van der Waals surface area (Å²) in [6, 6.07) is 24.7. The molecule has 1 N–H and O–H groups in total. The van der Waals surface area contributed by atoms with Gasteiger partial charge in [-0.2, -0.15) is 0 Å².